The fourth-order valence-electron chi connectivity index (χ4n) is 6.63. The van der Waals surface area contributed by atoms with Crippen LogP contribution in [0.25, 0.3) is 5.57 Å². The molecule has 0 heterocycles. The second-order valence-electron chi connectivity index (χ2n) is 11.3. The SMILES string of the molecule is CCCCC1=CC(OP(O)O)=C(c2ccccc2)C(CCCC)C1(C(C)(C)C)C(C)(C)C. The molecule has 1 unspecified atom stereocenters. The summed E-state index contributed by atoms with van der Waals surface area (Å²) in [5.74, 6) is 0.857. The monoisotopic (exact) mass is 460 g/mol. The van der Waals surface area contributed by atoms with Gasteiger partial charge < -0.3 is 14.3 Å². The smallest absolute Gasteiger partial charge is 0.391 e. The Kier molecular flexibility index (Phi) is 9.19. The molecule has 2 N–H and O–H groups in total. The summed E-state index contributed by atoms with van der Waals surface area (Å²) in [5.41, 5.74) is 3.53. The Morgan fingerprint density at radius 2 is 1.47 bits per heavy atom. The molecular weight excluding hydrogens is 415 g/mol. The summed E-state index contributed by atoms with van der Waals surface area (Å²) >= 11 is 0. The van der Waals surface area contributed by atoms with Gasteiger partial charge in [0.25, 0.3) is 0 Å². The lowest BCUT2D eigenvalue weighted by Gasteiger charge is -2.61. The number of benzene rings is 1. The van der Waals surface area contributed by atoms with Gasteiger partial charge in [0.05, 0.1) is 0 Å². The van der Waals surface area contributed by atoms with E-state index in [1.165, 1.54) is 5.57 Å². The van der Waals surface area contributed by atoms with Crippen LogP contribution >= 0.6 is 8.60 Å². The lowest BCUT2D eigenvalue weighted by atomic mass is 9.42. The van der Waals surface area contributed by atoms with Crippen LogP contribution in [0.15, 0.2) is 47.7 Å². The first kappa shape index (κ1) is 27.1. The minimum Gasteiger partial charge on any atom is -0.427 e. The normalized spacial score (nSPS) is 19.3. The molecular formula is C28H45O3P. The van der Waals surface area contributed by atoms with E-state index in [1.54, 1.807) is 0 Å². The lowest BCUT2D eigenvalue weighted by molar-refractivity contribution is -0.0394. The van der Waals surface area contributed by atoms with E-state index >= 15 is 0 Å². The minimum absolute atomic E-state index is 0.00203. The summed E-state index contributed by atoms with van der Waals surface area (Å²) in [6.07, 6.45) is 8.69. The lowest BCUT2D eigenvalue weighted by Crippen LogP contribution is -2.54. The molecule has 0 fully saturated rings. The summed E-state index contributed by atoms with van der Waals surface area (Å²) in [5, 5.41) is 0. The van der Waals surface area contributed by atoms with Crippen molar-refractivity contribution in [1.29, 1.82) is 0 Å². The molecule has 0 aromatic heterocycles. The molecule has 1 aliphatic rings. The Morgan fingerprint density at radius 1 is 0.906 bits per heavy atom. The van der Waals surface area contributed by atoms with Crippen LogP contribution in [-0.2, 0) is 4.52 Å². The molecule has 0 radical (unpaired) electrons. The van der Waals surface area contributed by atoms with E-state index in [0.717, 1.165) is 49.7 Å². The molecule has 1 atom stereocenters. The molecule has 1 aliphatic carbocycles. The van der Waals surface area contributed by atoms with E-state index in [9.17, 15) is 9.79 Å². The summed E-state index contributed by atoms with van der Waals surface area (Å²) < 4.78 is 5.78. The van der Waals surface area contributed by atoms with Gasteiger partial charge in [0.1, 0.15) is 5.76 Å². The van der Waals surface area contributed by atoms with Gasteiger partial charge in [0.15, 0.2) is 0 Å². The number of allylic oxidation sites excluding steroid dienone is 3. The van der Waals surface area contributed by atoms with Gasteiger partial charge in [-0.3, -0.25) is 0 Å². The zero-order chi connectivity index (χ0) is 24.2. The largest absolute Gasteiger partial charge is 0.427 e. The van der Waals surface area contributed by atoms with Gasteiger partial charge in [-0.2, -0.15) is 0 Å². The highest BCUT2D eigenvalue weighted by Crippen LogP contribution is 2.67. The number of hydrogen-bond acceptors (Lipinski definition) is 3. The van der Waals surface area contributed by atoms with Crippen molar-refractivity contribution in [3.8, 4) is 0 Å². The predicted octanol–water partition coefficient (Wildman–Crippen LogP) is 8.64. The molecule has 32 heavy (non-hydrogen) atoms. The van der Waals surface area contributed by atoms with Gasteiger partial charge in [-0.05, 0) is 47.6 Å². The third kappa shape index (κ3) is 5.32. The van der Waals surface area contributed by atoms with Crippen LogP contribution in [0.4, 0.5) is 0 Å². The second kappa shape index (κ2) is 10.9. The minimum atomic E-state index is -2.49. The molecule has 1 aromatic rings. The Bertz CT molecular complexity index is 780. The maximum Gasteiger partial charge on any atom is 0.391 e. The van der Waals surface area contributed by atoms with Crippen LogP contribution in [0.2, 0.25) is 0 Å². The van der Waals surface area contributed by atoms with Crippen molar-refractivity contribution in [3.63, 3.8) is 0 Å². The first-order chi connectivity index (χ1) is 14.9. The van der Waals surface area contributed by atoms with Crippen molar-refractivity contribution in [3.05, 3.63) is 53.3 Å². The quantitative estimate of drug-likeness (QED) is 0.363. The third-order valence-corrected chi connectivity index (χ3v) is 7.59. The van der Waals surface area contributed by atoms with E-state index in [0.29, 0.717) is 5.76 Å². The topological polar surface area (TPSA) is 49.7 Å². The summed E-state index contributed by atoms with van der Waals surface area (Å²) in [6, 6.07) is 10.4. The van der Waals surface area contributed by atoms with Crippen LogP contribution in [0.3, 0.4) is 0 Å². The maximum atomic E-state index is 9.88. The van der Waals surface area contributed by atoms with E-state index in [1.807, 2.05) is 6.07 Å². The highest BCUT2D eigenvalue weighted by molar-refractivity contribution is 7.39. The Hall–Kier alpha value is -1.15. The molecule has 180 valence electrons. The molecule has 0 aliphatic heterocycles. The van der Waals surface area contributed by atoms with Crippen molar-refractivity contribution >= 4 is 14.2 Å². The van der Waals surface area contributed by atoms with Crippen molar-refractivity contribution in [2.75, 3.05) is 0 Å². The molecule has 3 nitrogen and oxygen atoms in total. The highest BCUT2D eigenvalue weighted by Gasteiger charge is 2.59. The summed E-state index contributed by atoms with van der Waals surface area (Å²) in [4.78, 5) is 19.8. The zero-order valence-corrected chi connectivity index (χ0v) is 22.4. The second-order valence-corrected chi connectivity index (χ2v) is 12.0. The average molecular weight is 461 g/mol. The Morgan fingerprint density at radius 3 is 1.94 bits per heavy atom. The van der Waals surface area contributed by atoms with Gasteiger partial charge in [-0.25, -0.2) is 0 Å². The fraction of sp³-hybridized carbons (Fsp3) is 0.643. The standard InChI is InChI=1S/C28H45O3P/c1-9-11-18-22-20-24(31-32(29)30)25(21-16-14-13-15-17-21)23(19-12-10-2)28(22,26(3,4)5)27(6,7)8/h13-17,20,23,29-30H,9-12,18-19H2,1-8H3. The van der Waals surface area contributed by atoms with Crippen molar-refractivity contribution in [2.45, 2.75) is 93.9 Å². The number of hydrogen-bond donors (Lipinski definition) is 2. The van der Waals surface area contributed by atoms with Crippen LogP contribution < -0.4 is 0 Å². The molecule has 2 rings (SSSR count). The van der Waals surface area contributed by atoms with Gasteiger partial charge in [-0.15, -0.1) is 0 Å². The van der Waals surface area contributed by atoms with E-state index < -0.39 is 8.60 Å². The summed E-state index contributed by atoms with van der Waals surface area (Å²) in [7, 11) is -2.49. The zero-order valence-electron chi connectivity index (χ0n) is 21.5. The van der Waals surface area contributed by atoms with Crippen LogP contribution in [-0.4, -0.2) is 9.79 Å². The molecule has 1 aromatic carbocycles. The molecule has 0 bridgehead atoms. The van der Waals surface area contributed by atoms with Crippen LogP contribution in [0.5, 0.6) is 0 Å². The first-order valence-electron chi connectivity index (χ1n) is 12.3. The average Bonchev–Trinajstić information content (AvgIpc) is 2.68. The molecule has 0 saturated heterocycles. The van der Waals surface area contributed by atoms with E-state index in [4.69, 9.17) is 4.52 Å². The maximum absolute atomic E-state index is 9.88. The van der Waals surface area contributed by atoms with E-state index in [-0.39, 0.29) is 22.2 Å². The Labute approximate surface area is 198 Å². The van der Waals surface area contributed by atoms with E-state index in [2.05, 4.69) is 85.7 Å². The molecule has 0 spiro atoms. The van der Waals surface area contributed by atoms with Crippen LogP contribution in [0, 0.1) is 22.2 Å². The predicted molar refractivity (Wildman–Crippen MR) is 138 cm³/mol. The Balaban J connectivity index is 2.96. The van der Waals surface area contributed by atoms with Crippen molar-refractivity contribution in [1.82, 2.24) is 0 Å². The molecule has 0 amide bonds. The number of unbranched alkanes of at least 4 members (excludes halogenated alkanes) is 2. The third-order valence-electron chi connectivity index (χ3n) is 7.23. The van der Waals surface area contributed by atoms with Gasteiger partial charge in [0.2, 0.25) is 0 Å². The van der Waals surface area contributed by atoms with Crippen molar-refractivity contribution in [2.24, 2.45) is 22.2 Å². The molecule has 0 saturated carbocycles. The fourth-order valence-corrected chi connectivity index (χ4v) is 6.95. The molecule has 4 heteroatoms. The first-order valence-corrected chi connectivity index (χ1v) is 13.4. The van der Waals surface area contributed by atoms with Crippen LogP contribution in [0.1, 0.15) is 99.5 Å². The highest BCUT2D eigenvalue weighted by atomic mass is 31.2. The number of rotatable bonds is 9. The van der Waals surface area contributed by atoms with Crippen molar-refractivity contribution < 1.29 is 14.3 Å². The summed E-state index contributed by atoms with van der Waals surface area (Å²) in [6.45, 7) is 18.8. The van der Waals surface area contributed by atoms with Gasteiger partial charge in [-0.1, -0.05) is 111 Å². The van der Waals surface area contributed by atoms with Gasteiger partial charge in [0, 0.05) is 11.0 Å². The van der Waals surface area contributed by atoms with Gasteiger partial charge >= 0.3 is 8.60 Å².